The maximum Gasteiger partial charge on any atom is 0.296 e. The second-order valence-electron chi connectivity index (χ2n) is 5.26. The largest absolute Gasteiger partial charge is 0.496 e. The van der Waals surface area contributed by atoms with Crippen molar-refractivity contribution in [1.29, 1.82) is 0 Å². The third kappa shape index (κ3) is 4.30. The fourth-order valence-electron chi connectivity index (χ4n) is 2.44. The maximum absolute atomic E-state index is 11.1. The maximum atomic E-state index is 11.1. The van der Waals surface area contributed by atoms with Crippen LogP contribution in [0, 0.1) is 10.1 Å². The van der Waals surface area contributed by atoms with Gasteiger partial charge in [0.1, 0.15) is 11.4 Å². The molecule has 7 nitrogen and oxygen atoms in total. The van der Waals surface area contributed by atoms with E-state index in [4.69, 9.17) is 4.74 Å². The smallest absolute Gasteiger partial charge is 0.296 e. The van der Waals surface area contributed by atoms with Crippen molar-refractivity contribution in [3.8, 4) is 5.75 Å². The van der Waals surface area contributed by atoms with Crippen LogP contribution in [0.2, 0.25) is 0 Å². The Balaban J connectivity index is 1.83. The van der Waals surface area contributed by atoms with E-state index in [0.29, 0.717) is 18.0 Å². The van der Waals surface area contributed by atoms with Crippen molar-refractivity contribution in [2.24, 2.45) is 0 Å². The molecule has 1 N–H and O–H groups in total. The van der Waals surface area contributed by atoms with Crippen LogP contribution >= 0.6 is 0 Å². The lowest BCUT2D eigenvalue weighted by atomic mass is 10.2. The lowest BCUT2D eigenvalue weighted by Gasteiger charge is -2.15. The SMILES string of the molecule is COc1ccc(NCCCN2CCN(C)C2)c([N+](=O)[O-])c1. The molecule has 2 rings (SSSR count). The van der Waals surface area contributed by atoms with Gasteiger partial charge in [0.05, 0.1) is 24.8 Å². The number of anilines is 1. The van der Waals surface area contributed by atoms with E-state index in [2.05, 4.69) is 22.2 Å². The minimum absolute atomic E-state index is 0.0512. The molecule has 21 heavy (non-hydrogen) atoms. The summed E-state index contributed by atoms with van der Waals surface area (Å²) in [7, 11) is 3.61. The first kappa shape index (κ1) is 15.5. The Kier molecular flexibility index (Phi) is 5.35. The third-order valence-electron chi connectivity index (χ3n) is 3.61. The van der Waals surface area contributed by atoms with E-state index in [1.807, 2.05) is 0 Å². The minimum Gasteiger partial charge on any atom is -0.496 e. The standard InChI is InChI=1S/C14H22N4O3/c1-16-8-9-17(11-16)7-3-6-15-13-5-4-12(21-2)10-14(13)18(19)20/h4-5,10,15H,3,6-9,11H2,1-2H3. The molecule has 0 spiro atoms. The minimum atomic E-state index is -0.389. The van der Waals surface area contributed by atoms with E-state index in [0.717, 1.165) is 32.7 Å². The van der Waals surface area contributed by atoms with Crippen LogP contribution in [0.4, 0.5) is 11.4 Å². The molecule has 0 atom stereocenters. The summed E-state index contributed by atoms with van der Waals surface area (Å²) in [5.74, 6) is 0.493. The highest BCUT2D eigenvalue weighted by molar-refractivity contribution is 5.63. The van der Waals surface area contributed by atoms with Gasteiger partial charge < -0.3 is 10.1 Å². The zero-order valence-corrected chi connectivity index (χ0v) is 12.5. The van der Waals surface area contributed by atoms with E-state index in [1.165, 1.54) is 13.2 Å². The van der Waals surface area contributed by atoms with Crippen LogP contribution in [-0.2, 0) is 0 Å². The molecule has 0 unspecified atom stereocenters. The van der Waals surface area contributed by atoms with Crippen molar-refractivity contribution >= 4 is 11.4 Å². The van der Waals surface area contributed by atoms with Gasteiger partial charge >= 0.3 is 0 Å². The van der Waals surface area contributed by atoms with Gasteiger partial charge in [-0.3, -0.25) is 19.9 Å². The number of rotatable bonds is 7. The Labute approximate surface area is 124 Å². The molecule has 1 aromatic carbocycles. The van der Waals surface area contributed by atoms with Crippen molar-refractivity contribution in [2.45, 2.75) is 6.42 Å². The molecule has 1 aliphatic rings. The van der Waals surface area contributed by atoms with Gasteiger partial charge in [0, 0.05) is 26.2 Å². The van der Waals surface area contributed by atoms with Crippen LogP contribution in [0.25, 0.3) is 0 Å². The molecular weight excluding hydrogens is 272 g/mol. The molecule has 1 heterocycles. The van der Waals surface area contributed by atoms with Gasteiger partial charge in [-0.1, -0.05) is 0 Å². The van der Waals surface area contributed by atoms with Gasteiger partial charge in [0.15, 0.2) is 0 Å². The van der Waals surface area contributed by atoms with Crippen LogP contribution in [0.3, 0.4) is 0 Å². The summed E-state index contributed by atoms with van der Waals surface area (Å²) in [6.45, 7) is 4.92. The second kappa shape index (κ2) is 7.24. The Hall–Kier alpha value is -1.86. The van der Waals surface area contributed by atoms with E-state index >= 15 is 0 Å². The molecule has 7 heteroatoms. The molecule has 0 aromatic heterocycles. The summed E-state index contributed by atoms with van der Waals surface area (Å²) in [4.78, 5) is 15.3. The Morgan fingerprint density at radius 2 is 2.24 bits per heavy atom. The average molecular weight is 294 g/mol. The van der Waals surface area contributed by atoms with Gasteiger partial charge in [-0.25, -0.2) is 0 Å². The summed E-state index contributed by atoms with van der Waals surface area (Å²) in [6.07, 6.45) is 0.955. The number of ether oxygens (including phenoxy) is 1. The summed E-state index contributed by atoms with van der Waals surface area (Å²) >= 11 is 0. The summed E-state index contributed by atoms with van der Waals surface area (Å²) in [6, 6.07) is 4.86. The molecule has 1 fully saturated rings. The van der Waals surface area contributed by atoms with Gasteiger partial charge in [-0.2, -0.15) is 0 Å². The second-order valence-corrected chi connectivity index (χ2v) is 5.26. The lowest BCUT2D eigenvalue weighted by Crippen LogP contribution is -2.25. The van der Waals surface area contributed by atoms with Crippen LogP contribution in [0.15, 0.2) is 18.2 Å². The highest BCUT2D eigenvalue weighted by atomic mass is 16.6. The van der Waals surface area contributed by atoms with Crippen LogP contribution < -0.4 is 10.1 Å². The highest BCUT2D eigenvalue weighted by Crippen LogP contribution is 2.28. The molecule has 0 saturated carbocycles. The Morgan fingerprint density at radius 1 is 1.43 bits per heavy atom. The van der Waals surface area contributed by atoms with Crippen molar-refractivity contribution in [3.05, 3.63) is 28.3 Å². The zero-order valence-electron chi connectivity index (χ0n) is 12.5. The topological polar surface area (TPSA) is 70.9 Å². The van der Waals surface area contributed by atoms with Gasteiger partial charge in [-0.05, 0) is 25.6 Å². The normalized spacial score (nSPS) is 16.1. The summed E-state index contributed by atoms with van der Waals surface area (Å²) in [5.41, 5.74) is 0.592. The summed E-state index contributed by atoms with van der Waals surface area (Å²) < 4.78 is 5.02. The molecule has 116 valence electrons. The van der Waals surface area contributed by atoms with E-state index in [1.54, 1.807) is 12.1 Å². The lowest BCUT2D eigenvalue weighted by molar-refractivity contribution is -0.384. The van der Waals surface area contributed by atoms with Crippen LogP contribution in [-0.4, -0.2) is 61.7 Å². The quantitative estimate of drug-likeness (QED) is 0.468. The summed E-state index contributed by atoms with van der Waals surface area (Å²) in [5, 5.41) is 14.2. The van der Waals surface area contributed by atoms with Gasteiger partial charge in [0.2, 0.25) is 0 Å². The number of hydrogen-bond acceptors (Lipinski definition) is 6. The van der Waals surface area contributed by atoms with Crippen molar-refractivity contribution < 1.29 is 9.66 Å². The number of nitro benzene ring substituents is 1. The monoisotopic (exact) mass is 294 g/mol. The predicted octanol–water partition coefficient (Wildman–Crippen LogP) is 1.61. The number of nitro groups is 1. The first-order valence-corrected chi connectivity index (χ1v) is 7.07. The fourth-order valence-corrected chi connectivity index (χ4v) is 2.44. The number of hydrogen-bond donors (Lipinski definition) is 1. The fraction of sp³-hybridized carbons (Fsp3) is 0.571. The van der Waals surface area contributed by atoms with Crippen molar-refractivity contribution in [1.82, 2.24) is 9.80 Å². The van der Waals surface area contributed by atoms with Gasteiger partial charge in [-0.15, -0.1) is 0 Å². The number of likely N-dealkylation sites (N-methyl/N-ethyl adjacent to an activating group) is 1. The number of nitrogens with one attached hydrogen (secondary N) is 1. The van der Waals surface area contributed by atoms with E-state index in [-0.39, 0.29) is 10.6 Å². The van der Waals surface area contributed by atoms with Crippen LogP contribution in [0.1, 0.15) is 6.42 Å². The number of benzene rings is 1. The predicted molar refractivity (Wildman–Crippen MR) is 81.8 cm³/mol. The van der Waals surface area contributed by atoms with E-state index in [9.17, 15) is 10.1 Å². The van der Waals surface area contributed by atoms with E-state index < -0.39 is 0 Å². The molecule has 1 aliphatic heterocycles. The molecule has 0 radical (unpaired) electrons. The van der Waals surface area contributed by atoms with Crippen molar-refractivity contribution in [3.63, 3.8) is 0 Å². The van der Waals surface area contributed by atoms with Crippen LogP contribution in [0.5, 0.6) is 5.75 Å². The zero-order chi connectivity index (χ0) is 15.2. The molecular formula is C14H22N4O3. The molecule has 0 aliphatic carbocycles. The molecule has 0 amide bonds. The van der Waals surface area contributed by atoms with Crippen molar-refractivity contribution in [2.75, 3.05) is 52.3 Å². The molecule has 0 bridgehead atoms. The molecule has 1 aromatic rings. The highest BCUT2D eigenvalue weighted by Gasteiger charge is 2.16. The van der Waals surface area contributed by atoms with Gasteiger partial charge in [0.25, 0.3) is 5.69 Å². The number of methoxy groups -OCH3 is 1. The third-order valence-corrected chi connectivity index (χ3v) is 3.61. The number of nitrogens with zero attached hydrogens (tertiary/aromatic N) is 3. The average Bonchev–Trinajstić information content (AvgIpc) is 2.89. The Morgan fingerprint density at radius 3 is 2.86 bits per heavy atom. The first-order chi connectivity index (χ1) is 10.1. The Bertz CT molecular complexity index is 495. The first-order valence-electron chi connectivity index (χ1n) is 7.07. The molecule has 1 saturated heterocycles.